The van der Waals surface area contributed by atoms with Gasteiger partial charge >= 0.3 is 0 Å². The van der Waals surface area contributed by atoms with Crippen LogP contribution in [0, 0.1) is 11.8 Å². The Morgan fingerprint density at radius 2 is 1.84 bits per heavy atom. The summed E-state index contributed by atoms with van der Waals surface area (Å²) in [7, 11) is 2.06. The Hall–Kier alpha value is -2.38. The van der Waals surface area contributed by atoms with E-state index in [-0.39, 0.29) is 23.8 Å². The van der Waals surface area contributed by atoms with Crippen molar-refractivity contribution >= 4 is 22.7 Å². The van der Waals surface area contributed by atoms with Crippen LogP contribution in [0.1, 0.15) is 37.7 Å². The molecule has 3 fully saturated rings. The number of fused-ring (bicyclic) bond motifs is 1. The van der Waals surface area contributed by atoms with Crippen LogP contribution < -0.4 is 10.9 Å². The maximum absolute atomic E-state index is 13.1. The van der Waals surface area contributed by atoms with Crippen LogP contribution in [0.25, 0.3) is 10.9 Å². The lowest BCUT2D eigenvalue weighted by Gasteiger charge is -2.37. The highest BCUT2D eigenvalue weighted by molar-refractivity contribution is 5.85. The second kappa shape index (κ2) is 9.24. The zero-order valence-corrected chi connectivity index (χ0v) is 19.1. The van der Waals surface area contributed by atoms with Gasteiger partial charge in [-0.15, -0.1) is 0 Å². The van der Waals surface area contributed by atoms with Gasteiger partial charge in [-0.25, -0.2) is 0 Å². The van der Waals surface area contributed by atoms with Gasteiger partial charge in [-0.05, 0) is 49.7 Å². The first-order valence-electron chi connectivity index (χ1n) is 12.2. The van der Waals surface area contributed by atoms with Gasteiger partial charge in [0.25, 0.3) is 0 Å². The van der Waals surface area contributed by atoms with E-state index in [1.54, 1.807) is 0 Å². The number of hydrogen-bond acceptors (Lipinski definition) is 4. The molecular weight excluding hydrogens is 402 g/mol. The quantitative estimate of drug-likeness (QED) is 0.751. The molecule has 3 aliphatic rings. The van der Waals surface area contributed by atoms with Crippen LogP contribution >= 0.6 is 0 Å². The van der Waals surface area contributed by atoms with Crippen molar-refractivity contribution in [2.45, 2.75) is 44.6 Å². The van der Waals surface area contributed by atoms with Crippen LogP contribution in [0.4, 0.5) is 0 Å². The largest absolute Gasteiger partial charge is 0.350 e. The Morgan fingerprint density at radius 3 is 2.69 bits per heavy atom. The third kappa shape index (κ3) is 4.16. The van der Waals surface area contributed by atoms with Crippen molar-refractivity contribution in [1.29, 1.82) is 0 Å². The monoisotopic (exact) mass is 437 g/mol. The molecule has 0 spiro atoms. The third-order valence-corrected chi connectivity index (χ3v) is 7.67. The van der Waals surface area contributed by atoms with E-state index < -0.39 is 0 Å². The number of piperidine rings is 1. The van der Waals surface area contributed by atoms with Crippen molar-refractivity contribution in [2.75, 3.05) is 32.7 Å². The lowest BCUT2D eigenvalue weighted by molar-refractivity contribution is -0.135. The lowest BCUT2D eigenvalue weighted by Crippen LogP contribution is -2.51. The number of aryl methyl sites for hydroxylation is 2. The number of rotatable bonds is 5. The second-order valence-corrected chi connectivity index (χ2v) is 9.71. The van der Waals surface area contributed by atoms with Gasteiger partial charge in [-0.3, -0.25) is 20.4 Å². The first-order chi connectivity index (χ1) is 15.6. The molecule has 3 atom stereocenters. The molecule has 2 aromatic rings. The summed E-state index contributed by atoms with van der Waals surface area (Å²) >= 11 is 0. The average molecular weight is 438 g/mol. The minimum atomic E-state index is -0.0242. The minimum absolute atomic E-state index is 0.0242. The Labute approximate surface area is 190 Å². The van der Waals surface area contributed by atoms with E-state index in [1.165, 1.54) is 16.5 Å². The van der Waals surface area contributed by atoms with Gasteiger partial charge in [0, 0.05) is 69.3 Å². The summed E-state index contributed by atoms with van der Waals surface area (Å²) in [5.41, 5.74) is 9.06. The van der Waals surface area contributed by atoms with Crippen molar-refractivity contribution in [3.05, 3.63) is 36.0 Å². The fourth-order valence-corrected chi connectivity index (χ4v) is 5.93. The first-order valence-corrected chi connectivity index (χ1v) is 12.2. The van der Waals surface area contributed by atoms with E-state index in [1.807, 2.05) is 9.80 Å². The number of amides is 2. The summed E-state index contributed by atoms with van der Waals surface area (Å²) in [5, 5.41) is 1.24. The molecule has 0 aliphatic carbocycles. The molecule has 172 valence electrons. The molecule has 1 aromatic heterocycles. The van der Waals surface area contributed by atoms with E-state index in [0.717, 1.165) is 58.3 Å². The van der Waals surface area contributed by atoms with Gasteiger partial charge in [-0.1, -0.05) is 18.2 Å². The van der Waals surface area contributed by atoms with Crippen LogP contribution in [0.15, 0.2) is 30.5 Å². The van der Waals surface area contributed by atoms with Crippen molar-refractivity contribution < 1.29 is 9.59 Å². The average Bonchev–Trinajstić information content (AvgIpc) is 3.58. The van der Waals surface area contributed by atoms with Crippen LogP contribution in [-0.4, -0.2) is 64.9 Å². The smallest absolute Gasteiger partial charge is 0.228 e. The molecule has 32 heavy (non-hydrogen) atoms. The van der Waals surface area contributed by atoms with Gasteiger partial charge < -0.3 is 14.4 Å². The number of benzene rings is 1. The van der Waals surface area contributed by atoms with Crippen molar-refractivity contribution in [2.24, 2.45) is 18.9 Å². The normalized spacial score (nSPS) is 26.2. The molecule has 3 saturated heterocycles. The molecule has 2 amide bonds. The maximum Gasteiger partial charge on any atom is 0.228 e. The number of aromatic nitrogens is 1. The summed E-state index contributed by atoms with van der Waals surface area (Å²) in [6.07, 6.45) is 7.76. The molecular formula is C25H35N5O2. The molecule has 5 rings (SSSR count). The van der Waals surface area contributed by atoms with Crippen LogP contribution in [0.2, 0.25) is 0 Å². The summed E-state index contributed by atoms with van der Waals surface area (Å²) < 4.78 is 2.14. The Kier molecular flexibility index (Phi) is 6.20. The zero-order valence-electron chi connectivity index (χ0n) is 19.1. The maximum atomic E-state index is 13.1. The van der Waals surface area contributed by atoms with Crippen molar-refractivity contribution in [1.82, 2.24) is 25.2 Å². The van der Waals surface area contributed by atoms with Gasteiger partial charge in [0.05, 0.1) is 5.92 Å². The minimum Gasteiger partial charge on any atom is -0.350 e. The molecule has 7 heteroatoms. The molecule has 0 bridgehead atoms. The summed E-state index contributed by atoms with van der Waals surface area (Å²) in [6, 6.07) is 8.49. The second-order valence-electron chi connectivity index (χ2n) is 9.71. The van der Waals surface area contributed by atoms with Crippen LogP contribution in [-0.2, 0) is 23.1 Å². The Balaban J connectivity index is 1.20. The van der Waals surface area contributed by atoms with Crippen LogP contribution in [0.5, 0.6) is 0 Å². The van der Waals surface area contributed by atoms with Crippen LogP contribution in [0.3, 0.4) is 0 Å². The molecule has 1 aromatic carbocycles. The molecule has 7 nitrogen and oxygen atoms in total. The molecule has 2 N–H and O–H groups in total. The van der Waals surface area contributed by atoms with E-state index in [2.05, 4.69) is 52.9 Å². The van der Waals surface area contributed by atoms with E-state index in [9.17, 15) is 9.59 Å². The molecule has 3 unspecified atom stereocenters. The number of nitrogens with zero attached hydrogens (tertiary/aromatic N) is 3. The molecule has 4 heterocycles. The standard InChI is InChI=1S/C25H35N5O2/c1-28-16-18(20-8-2-3-9-22(20)28)10-11-23(31)30-14-6-7-19(17-30)24-21(15-26-27-24)25(32)29-12-4-5-13-29/h2-3,8-9,16,19,21,24,26-27H,4-7,10-15,17H2,1H3. The summed E-state index contributed by atoms with van der Waals surface area (Å²) in [4.78, 5) is 30.2. The number of hydrazine groups is 1. The third-order valence-electron chi connectivity index (χ3n) is 7.67. The zero-order chi connectivity index (χ0) is 22.1. The van der Waals surface area contributed by atoms with Gasteiger partial charge in [0.2, 0.25) is 11.8 Å². The molecule has 0 radical (unpaired) electrons. The molecule has 3 aliphatic heterocycles. The Morgan fingerprint density at radius 1 is 1.06 bits per heavy atom. The number of nitrogens with one attached hydrogen (secondary N) is 2. The summed E-state index contributed by atoms with van der Waals surface area (Å²) in [6.45, 7) is 4.05. The lowest BCUT2D eigenvalue weighted by atomic mass is 9.83. The predicted octanol–water partition coefficient (Wildman–Crippen LogP) is 2.06. The number of carbonyl (C=O) groups excluding carboxylic acids is 2. The van der Waals surface area contributed by atoms with E-state index >= 15 is 0 Å². The number of carbonyl (C=O) groups is 2. The highest BCUT2D eigenvalue weighted by Gasteiger charge is 2.42. The van der Waals surface area contributed by atoms with E-state index in [4.69, 9.17) is 0 Å². The highest BCUT2D eigenvalue weighted by Crippen LogP contribution is 2.29. The number of hydrogen-bond donors (Lipinski definition) is 2. The fraction of sp³-hybridized carbons (Fsp3) is 0.600. The van der Waals surface area contributed by atoms with Gasteiger partial charge in [0.1, 0.15) is 0 Å². The topological polar surface area (TPSA) is 69.6 Å². The van der Waals surface area contributed by atoms with Crippen molar-refractivity contribution in [3.8, 4) is 0 Å². The Bertz CT molecular complexity index is 980. The van der Waals surface area contributed by atoms with Gasteiger partial charge in [-0.2, -0.15) is 0 Å². The predicted molar refractivity (Wildman–Crippen MR) is 125 cm³/mol. The highest BCUT2D eigenvalue weighted by atomic mass is 16.2. The van der Waals surface area contributed by atoms with Crippen molar-refractivity contribution in [3.63, 3.8) is 0 Å². The van der Waals surface area contributed by atoms with Gasteiger partial charge in [0.15, 0.2) is 0 Å². The molecule has 0 saturated carbocycles. The first kappa shape index (κ1) is 21.5. The SMILES string of the molecule is Cn1cc(CCC(=O)N2CCCC(C3NNCC3C(=O)N3CCCC3)C2)c2ccccc21. The summed E-state index contributed by atoms with van der Waals surface area (Å²) in [5.74, 6) is 0.807. The fourth-order valence-electron chi connectivity index (χ4n) is 5.93. The van der Waals surface area contributed by atoms with E-state index in [0.29, 0.717) is 18.9 Å². The number of likely N-dealkylation sites (tertiary alicyclic amines) is 2. The number of para-hydroxylation sites is 1.